The van der Waals surface area contributed by atoms with Crippen molar-refractivity contribution >= 4 is 0 Å². The number of hydrogen-bond acceptors (Lipinski definition) is 3. The molecule has 0 saturated carbocycles. The van der Waals surface area contributed by atoms with Crippen LogP contribution in [0, 0.1) is 0 Å². The van der Waals surface area contributed by atoms with Crippen molar-refractivity contribution in [1.29, 1.82) is 0 Å². The molecule has 1 N–H and O–H groups in total. The summed E-state index contributed by atoms with van der Waals surface area (Å²) in [5.74, 6) is 0. The van der Waals surface area contributed by atoms with Crippen molar-refractivity contribution in [2.75, 3.05) is 26.2 Å². The highest BCUT2D eigenvalue weighted by molar-refractivity contribution is 5.30. The van der Waals surface area contributed by atoms with Crippen LogP contribution in [0.15, 0.2) is 42.7 Å². The van der Waals surface area contributed by atoms with E-state index in [2.05, 4.69) is 47.5 Å². The van der Waals surface area contributed by atoms with Gasteiger partial charge in [0, 0.05) is 31.4 Å². The Bertz CT molecular complexity index is 507. The fraction of sp³-hybridized carbons (Fsp3) is 0.471. The SMILES string of the molecule is CCCN(CC)CCNCc1cnn(-c2ccccc2)c1. The minimum absolute atomic E-state index is 0.872. The largest absolute Gasteiger partial charge is 0.311 e. The normalized spacial score (nSPS) is 11.2. The third kappa shape index (κ3) is 4.99. The first-order valence-corrected chi connectivity index (χ1v) is 7.85. The molecule has 2 aromatic rings. The molecule has 0 bridgehead atoms. The molecular formula is C17H26N4. The van der Waals surface area contributed by atoms with Crippen LogP contribution in [0.3, 0.4) is 0 Å². The van der Waals surface area contributed by atoms with Gasteiger partial charge in [0.1, 0.15) is 0 Å². The zero-order valence-corrected chi connectivity index (χ0v) is 13.1. The van der Waals surface area contributed by atoms with Gasteiger partial charge in [-0.2, -0.15) is 5.10 Å². The van der Waals surface area contributed by atoms with Crippen LogP contribution < -0.4 is 5.32 Å². The summed E-state index contributed by atoms with van der Waals surface area (Å²) in [5.41, 5.74) is 2.32. The lowest BCUT2D eigenvalue weighted by Crippen LogP contribution is -2.32. The molecule has 114 valence electrons. The fourth-order valence-electron chi connectivity index (χ4n) is 2.39. The Hall–Kier alpha value is -1.65. The van der Waals surface area contributed by atoms with Crippen molar-refractivity contribution in [2.24, 2.45) is 0 Å². The number of aromatic nitrogens is 2. The van der Waals surface area contributed by atoms with Crippen molar-refractivity contribution in [2.45, 2.75) is 26.8 Å². The van der Waals surface area contributed by atoms with Crippen LogP contribution in [0.2, 0.25) is 0 Å². The van der Waals surface area contributed by atoms with Gasteiger partial charge < -0.3 is 10.2 Å². The molecule has 4 nitrogen and oxygen atoms in total. The van der Waals surface area contributed by atoms with Crippen molar-refractivity contribution in [1.82, 2.24) is 20.0 Å². The zero-order valence-electron chi connectivity index (χ0n) is 13.1. The summed E-state index contributed by atoms with van der Waals surface area (Å²) in [6, 6.07) is 10.2. The molecule has 1 heterocycles. The Morgan fingerprint density at radius 1 is 1.14 bits per heavy atom. The first kappa shape index (κ1) is 15.7. The summed E-state index contributed by atoms with van der Waals surface area (Å²) in [7, 11) is 0. The van der Waals surface area contributed by atoms with Crippen molar-refractivity contribution in [3.05, 3.63) is 48.3 Å². The number of likely N-dealkylation sites (N-methyl/N-ethyl adjacent to an activating group) is 1. The van der Waals surface area contributed by atoms with E-state index < -0.39 is 0 Å². The van der Waals surface area contributed by atoms with Crippen LogP contribution >= 0.6 is 0 Å². The molecule has 21 heavy (non-hydrogen) atoms. The molecule has 0 aliphatic heterocycles. The molecule has 4 heteroatoms. The molecule has 0 atom stereocenters. The summed E-state index contributed by atoms with van der Waals surface area (Å²) in [6.07, 6.45) is 5.24. The lowest BCUT2D eigenvalue weighted by atomic mass is 10.3. The Morgan fingerprint density at radius 3 is 2.67 bits per heavy atom. The molecule has 1 aromatic heterocycles. The van der Waals surface area contributed by atoms with Crippen molar-refractivity contribution < 1.29 is 0 Å². The van der Waals surface area contributed by atoms with E-state index in [9.17, 15) is 0 Å². The van der Waals surface area contributed by atoms with Gasteiger partial charge in [-0.3, -0.25) is 0 Å². The smallest absolute Gasteiger partial charge is 0.0645 e. The summed E-state index contributed by atoms with van der Waals surface area (Å²) in [5, 5.41) is 7.91. The van der Waals surface area contributed by atoms with Crippen molar-refractivity contribution in [3.8, 4) is 5.69 Å². The molecule has 0 amide bonds. The van der Waals surface area contributed by atoms with Gasteiger partial charge in [0.25, 0.3) is 0 Å². The molecule has 0 fully saturated rings. The molecule has 0 aliphatic rings. The van der Waals surface area contributed by atoms with Gasteiger partial charge in [0.15, 0.2) is 0 Å². The van der Waals surface area contributed by atoms with E-state index in [0.717, 1.165) is 31.9 Å². The van der Waals surface area contributed by atoms with E-state index in [1.54, 1.807) is 0 Å². The molecule has 0 aliphatic carbocycles. The maximum atomic E-state index is 4.41. The van der Waals surface area contributed by atoms with Gasteiger partial charge in [-0.05, 0) is 31.6 Å². The van der Waals surface area contributed by atoms with Gasteiger partial charge in [0.2, 0.25) is 0 Å². The van der Waals surface area contributed by atoms with E-state index in [4.69, 9.17) is 0 Å². The second-order valence-electron chi connectivity index (χ2n) is 5.24. The lowest BCUT2D eigenvalue weighted by molar-refractivity contribution is 0.287. The predicted octanol–water partition coefficient (Wildman–Crippen LogP) is 2.69. The first-order chi connectivity index (χ1) is 10.3. The van der Waals surface area contributed by atoms with Gasteiger partial charge in [-0.15, -0.1) is 0 Å². The molecule has 1 aromatic carbocycles. The third-order valence-corrected chi connectivity index (χ3v) is 3.58. The van der Waals surface area contributed by atoms with Gasteiger partial charge in [-0.25, -0.2) is 4.68 Å². The number of rotatable bonds is 9. The van der Waals surface area contributed by atoms with Gasteiger partial charge in [0.05, 0.1) is 11.9 Å². The quantitative estimate of drug-likeness (QED) is 0.720. The zero-order chi connectivity index (χ0) is 14.9. The standard InChI is InChI=1S/C17H26N4/c1-3-11-20(4-2)12-10-18-13-16-14-19-21(15-16)17-8-6-5-7-9-17/h5-9,14-15,18H,3-4,10-13H2,1-2H3. The third-order valence-electron chi connectivity index (χ3n) is 3.58. The lowest BCUT2D eigenvalue weighted by Gasteiger charge is -2.19. The summed E-state index contributed by atoms with van der Waals surface area (Å²) >= 11 is 0. The van der Waals surface area contributed by atoms with Crippen molar-refractivity contribution in [3.63, 3.8) is 0 Å². The second kappa shape index (κ2) is 8.60. The van der Waals surface area contributed by atoms with Crippen LogP contribution in [-0.4, -0.2) is 40.9 Å². The maximum Gasteiger partial charge on any atom is 0.0645 e. The highest BCUT2D eigenvalue weighted by Crippen LogP contribution is 2.07. The average molecular weight is 286 g/mol. The maximum absolute atomic E-state index is 4.41. The minimum atomic E-state index is 0.872. The Kier molecular flexibility index (Phi) is 6.44. The summed E-state index contributed by atoms with van der Waals surface area (Å²) in [4.78, 5) is 2.47. The number of hydrogen-bond donors (Lipinski definition) is 1. The summed E-state index contributed by atoms with van der Waals surface area (Å²) < 4.78 is 1.92. The van der Waals surface area contributed by atoms with Crippen LogP contribution in [-0.2, 0) is 6.54 Å². The molecule has 0 unspecified atom stereocenters. The Balaban J connectivity index is 1.76. The number of para-hydroxylation sites is 1. The molecule has 2 rings (SSSR count). The predicted molar refractivity (Wildman–Crippen MR) is 87.7 cm³/mol. The second-order valence-corrected chi connectivity index (χ2v) is 5.24. The van der Waals surface area contributed by atoms with E-state index >= 15 is 0 Å². The molecule has 0 spiro atoms. The topological polar surface area (TPSA) is 33.1 Å². The monoisotopic (exact) mass is 286 g/mol. The van der Waals surface area contributed by atoms with E-state index in [0.29, 0.717) is 0 Å². The highest BCUT2D eigenvalue weighted by Gasteiger charge is 2.02. The summed E-state index contributed by atoms with van der Waals surface area (Å²) in [6.45, 7) is 9.76. The number of benzene rings is 1. The minimum Gasteiger partial charge on any atom is -0.311 e. The van der Waals surface area contributed by atoms with E-state index in [1.807, 2.05) is 29.1 Å². The van der Waals surface area contributed by atoms with E-state index in [1.165, 1.54) is 18.5 Å². The average Bonchev–Trinajstić information content (AvgIpc) is 3.00. The number of nitrogens with one attached hydrogen (secondary N) is 1. The van der Waals surface area contributed by atoms with E-state index in [-0.39, 0.29) is 0 Å². The highest BCUT2D eigenvalue weighted by atomic mass is 15.3. The fourth-order valence-corrected chi connectivity index (χ4v) is 2.39. The van der Waals surface area contributed by atoms with Crippen LogP contribution in [0.4, 0.5) is 0 Å². The van der Waals surface area contributed by atoms with Crippen LogP contribution in [0.25, 0.3) is 5.69 Å². The van der Waals surface area contributed by atoms with Crippen LogP contribution in [0.1, 0.15) is 25.8 Å². The Labute approximate surface area is 127 Å². The molecular weight excluding hydrogens is 260 g/mol. The first-order valence-electron chi connectivity index (χ1n) is 7.85. The van der Waals surface area contributed by atoms with Gasteiger partial charge in [-0.1, -0.05) is 32.0 Å². The van der Waals surface area contributed by atoms with Crippen LogP contribution in [0.5, 0.6) is 0 Å². The Morgan fingerprint density at radius 2 is 1.95 bits per heavy atom. The molecule has 0 saturated heterocycles. The van der Waals surface area contributed by atoms with Gasteiger partial charge >= 0.3 is 0 Å². The number of nitrogens with zero attached hydrogens (tertiary/aromatic N) is 3. The molecule has 0 radical (unpaired) electrons.